The van der Waals surface area contributed by atoms with Gasteiger partial charge in [-0.2, -0.15) is 5.10 Å². The van der Waals surface area contributed by atoms with Gasteiger partial charge in [0.2, 0.25) is 10.0 Å². The molecule has 5 aromatic rings. The number of imidazole rings is 1. The first kappa shape index (κ1) is 28.9. The van der Waals surface area contributed by atoms with Crippen LogP contribution in [0.3, 0.4) is 0 Å². The summed E-state index contributed by atoms with van der Waals surface area (Å²) >= 11 is 0. The molecule has 210 valence electrons. The van der Waals surface area contributed by atoms with E-state index < -0.39 is 27.5 Å². The fourth-order valence-electron chi connectivity index (χ4n) is 4.22. The minimum Gasteiger partial charge on any atom is -0.382 e. The van der Waals surface area contributed by atoms with E-state index in [2.05, 4.69) is 32.0 Å². The average Bonchev–Trinajstić information content (AvgIpc) is 3.26. The lowest BCUT2D eigenvalue weighted by atomic mass is 10.1. The number of nitrogens with one attached hydrogen (secondary N) is 2. The van der Waals surface area contributed by atoms with E-state index in [1.165, 1.54) is 15.3 Å². The van der Waals surface area contributed by atoms with Crippen molar-refractivity contribution in [2.75, 3.05) is 18.5 Å². The molecule has 0 spiro atoms. The van der Waals surface area contributed by atoms with Gasteiger partial charge in [0.25, 0.3) is 11.5 Å². The number of hydrogen-bond donors (Lipinski definition) is 3. The second-order valence-corrected chi connectivity index (χ2v) is 10.7. The molecule has 13 heteroatoms. The van der Waals surface area contributed by atoms with Crippen molar-refractivity contribution in [3.8, 4) is 17.5 Å². The van der Waals surface area contributed by atoms with Crippen LogP contribution in [-0.2, 0) is 10.0 Å². The molecule has 0 saturated heterocycles. The molecule has 3 heterocycles. The van der Waals surface area contributed by atoms with Crippen molar-refractivity contribution in [1.29, 1.82) is 0 Å². The first-order valence-electron chi connectivity index (χ1n) is 12.1. The van der Waals surface area contributed by atoms with Crippen LogP contribution in [0.2, 0.25) is 0 Å². The molecule has 0 unspecified atom stereocenters. The SMILES string of the molecule is C.C[C@H](NC(=O)c1c(N)nc2cccnn12)c1nc2cccc(C#CCNS(C)(=O)=O)c2c(=O)n1-c1ccccc1. The highest BCUT2D eigenvalue weighted by atomic mass is 32.2. The van der Waals surface area contributed by atoms with Crippen molar-refractivity contribution in [1.82, 2.24) is 34.2 Å². The van der Waals surface area contributed by atoms with E-state index in [4.69, 9.17) is 10.7 Å². The molecular formula is C28H28N8O4S. The average molecular weight is 573 g/mol. The Balaban J connectivity index is 0.00000387. The molecule has 0 aliphatic rings. The number of aromatic nitrogens is 5. The van der Waals surface area contributed by atoms with Crippen LogP contribution in [0.15, 0.2) is 71.7 Å². The molecule has 4 N–H and O–H groups in total. The van der Waals surface area contributed by atoms with Crippen molar-refractivity contribution in [2.45, 2.75) is 20.4 Å². The molecule has 41 heavy (non-hydrogen) atoms. The van der Waals surface area contributed by atoms with Crippen LogP contribution >= 0.6 is 0 Å². The maximum atomic E-state index is 14.0. The van der Waals surface area contributed by atoms with Crippen molar-refractivity contribution >= 4 is 38.3 Å². The number of anilines is 1. The number of benzene rings is 2. The predicted molar refractivity (Wildman–Crippen MR) is 157 cm³/mol. The number of carbonyl (C=O) groups excluding carboxylic acids is 1. The van der Waals surface area contributed by atoms with Gasteiger partial charge in [0.05, 0.1) is 35.4 Å². The summed E-state index contributed by atoms with van der Waals surface area (Å²) < 4.78 is 27.8. The predicted octanol–water partition coefficient (Wildman–Crippen LogP) is 2.04. The highest BCUT2D eigenvalue weighted by Gasteiger charge is 2.24. The van der Waals surface area contributed by atoms with Crippen LogP contribution in [0.1, 0.15) is 42.3 Å². The lowest BCUT2D eigenvalue weighted by molar-refractivity contribution is 0.0931. The van der Waals surface area contributed by atoms with Gasteiger partial charge in [-0.3, -0.25) is 14.2 Å². The van der Waals surface area contributed by atoms with Crippen LogP contribution in [-0.4, -0.2) is 51.3 Å². The molecule has 12 nitrogen and oxygen atoms in total. The fraction of sp³-hybridized carbons (Fsp3) is 0.179. The molecule has 2 aromatic carbocycles. The van der Waals surface area contributed by atoms with Gasteiger partial charge in [-0.1, -0.05) is 43.5 Å². The summed E-state index contributed by atoms with van der Waals surface area (Å²) in [5.41, 5.74) is 7.41. The van der Waals surface area contributed by atoms with E-state index in [9.17, 15) is 18.0 Å². The number of hydrogen-bond acceptors (Lipinski definition) is 8. The maximum absolute atomic E-state index is 14.0. The first-order chi connectivity index (χ1) is 19.1. The topological polar surface area (TPSA) is 166 Å². The van der Waals surface area contributed by atoms with Gasteiger partial charge in [0, 0.05) is 11.8 Å². The summed E-state index contributed by atoms with van der Waals surface area (Å²) in [7, 11) is -3.41. The van der Waals surface area contributed by atoms with Gasteiger partial charge in [0.1, 0.15) is 5.82 Å². The minimum atomic E-state index is -3.41. The quantitative estimate of drug-likeness (QED) is 0.260. The smallest absolute Gasteiger partial charge is 0.274 e. The van der Waals surface area contributed by atoms with E-state index in [-0.39, 0.29) is 36.7 Å². The molecule has 0 aliphatic heterocycles. The summed E-state index contributed by atoms with van der Waals surface area (Å²) in [5.74, 6) is 5.37. The molecule has 5 rings (SSSR count). The largest absolute Gasteiger partial charge is 0.382 e. The van der Waals surface area contributed by atoms with Crippen LogP contribution in [0.4, 0.5) is 5.82 Å². The van der Waals surface area contributed by atoms with Gasteiger partial charge in [-0.05, 0) is 43.3 Å². The number of amides is 1. The van der Waals surface area contributed by atoms with Crippen LogP contribution in [0, 0.1) is 11.8 Å². The highest BCUT2D eigenvalue weighted by molar-refractivity contribution is 7.88. The number of nitrogens with zero attached hydrogens (tertiary/aromatic N) is 5. The molecule has 0 fully saturated rings. The number of nitrogen functional groups attached to an aromatic ring is 1. The summed E-state index contributed by atoms with van der Waals surface area (Å²) in [6, 6.07) is 16.6. The normalized spacial score (nSPS) is 11.9. The maximum Gasteiger partial charge on any atom is 0.274 e. The van der Waals surface area contributed by atoms with E-state index in [0.717, 1.165) is 6.26 Å². The zero-order valence-electron chi connectivity index (χ0n) is 21.5. The molecule has 0 bridgehead atoms. The van der Waals surface area contributed by atoms with Gasteiger partial charge < -0.3 is 11.1 Å². The van der Waals surface area contributed by atoms with Crippen LogP contribution in [0.25, 0.3) is 22.2 Å². The van der Waals surface area contributed by atoms with Gasteiger partial charge in [0.15, 0.2) is 17.2 Å². The van der Waals surface area contributed by atoms with E-state index in [1.54, 1.807) is 61.5 Å². The molecule has 3 aromatic heterocycles. The van der Waals surface area contributed by atoms with Crippen LogP contribution < -0.4 is 21.3 Å². The Morgan fingerprint density at radius 1 is 1.07 bits per heavy atom. The zero-order valence-corrected chi connectivity index (χ0v) is 22.3. The van der Waals surface area contributed by atoms with Crippen molar-refractivity contribution in [2.24, 2.45) is 0 Å². The summed E-state index contributed by atoms with van der Waals surface area (Å²) in [6.45, 7) is 1.59. The lowest BCUT2D eigenvalue weighted by Gasteiger charge is -2.20. The second kappa shape index (κ2) is 11.6. The van der Waals surface area contributed by atoms with E-state index in [0.29, 0.717) is 22.4 Å². The Hall–Kier alpha value is -5.06. The lowest BCUT2D eigenvalue weighted by Crippen LogP contribution is -2.34. The number of rotatable bonds is 6. The molecule has 0 aliphatic carbocycles. The molecular weight excluding hydrogens is 544 g/mol. The second-order valence-electron chi connectivity index (χ2n) is 8.88. The Kier molecular flexibility index (Phi) is 8.18. The third-order valence-corrected chi connectivity index (χ3v) is 6.62. The van der Waals surface area contributed by atoms with Gasteiger partial charge in [-0.25, -0.2) is 27.6 Å². The third kappa shape index (κ3) is 5.93. The Bertz CT molecular complexity index is 1990. The van der Waals surface area contributed by atoms with E-state index in [1.807, 2.05) is 6.07 Å². The van der Waals surface area contributed by atoms with Crippen molar-refractivity contribution in [3.63, 3.8) is 0 Å². The number of nitrogens with two attached hydrogens (primary N) is 1. The third-order valence-electron chi connectivity index (χ3n) is 5.95. The first-order valence-corrected chi connectivity index (χ1v) is 14.0. The number of carbonyl (C=O) groups is 1. The van der Waals surface area contributed by atoms with Crippen molar-refractivity contribution in [3.05, 3.63) is 94.3 Å². The minimum absolute atomic E-state index is 0. The zero-order chi connectivity index (χ0) is 28.4. The number of sulfonamides is 1. The number of para-hydroxylation sites is 1. The monoisotopic (exact) mass is 572 g/mol. The van der Waals surface area contributed by atoms with E-state index >= 15 is 0 Å². The standard InChI is InChI=1S/C27H24N8O4S.CH4/c1-17(31-26(36)23-24(28)33-21-14-8-15-29-35(21)23)25-32-20-13-6-9-18(10-7-16-30-40(2,38)39)22(20)27(37)34(25)19-11-4-3-5-12-19;/h3-6,8-9,11-15,17,30H,16,28H2,1-2H3,(H,31,36);1H4/t17-;/m0./s1. The summed E-state index contributed by atoms with van der Waals surface area (Å²) in [6.07, 6.45) is 2.56. The molecule has 0 radical (unpaired) electrons. The van der Waals surface area contributed by atoms with Crippen LogP contribution in [0.5, 0.6) is 0 Å². The van der Waals surface area contributed by atoms with Gasteiger partial charge in [-0.15, -0.1) is 0 Å². The number of fused-ring (bicyclic) bond motifs is 2. The molecule has 1 atom stereocenters. The summed E-state index contributed by atoms with van der Waals surface area (Å²) in [5, 5.41) is 7.30. The Morgan fingerprint density at radius 3 is 2.56 bits per heavy atom. The Morgan fingerprint density at radius 2 is 1.83 bits per heavy atom. The molecule has 0 saturated carbocycles. The highest BCUT2D eigenvalue weighted by Crippen LogP contribution is 2.21. The fourth-order valence-corrected chi connectivity index (χ4v) is 4.56. The van der Waals surface area contributed by atoms with Gasteiger partial charge >= 0.3 is 0 Å². The Labute approximate surface area is 236 Å². The van der Waals surface area contributed by atoms with Crippen molar-refractivity contribution < 1.29 is 13.2 Å². The summed E-state index contributed by atoms with van der Waals surface area (Å²) in [4.78, 5) is 36.3. The molecule has 1 amide bonds.